The second kappa shape index (κ2) is 5.68. The van der Waals surface area contributed by atoms with Crippen LogP contribution in [-0.4, -0.2) is 32.3 Å². The van der Waals surface area contributed by atoms with E-state index in [1.165, 1.54) is 12.6 Å². The summed E-state index contributed by atoms with van der Waals surface area (Å²) in [6, 6.07) is 8.11. The molecule has 17 heavy (non-hydrogen) atoms. The lowest BCUT2D eigenvalue weighted by atomic mass is 10.2. The van der Waals surface area contributed by atoms with Gasteiger partial charge in [0.1, 0.15) is 6.61 Å². The van der Waals surface area contributed by atoms with Crippen molar-refractivity contribution in [3.63, 3.8) is 0 Å². The Bertz CT molecular complexity index is 369. The van der Waals surface area contributed by atoms with E-state index >= 15 is 0 Å². The standard InChI is InChI=1S/C13H17NO3/c1-11(15)17-10-12-2-4-13(5-3-12)14-6-8-16-9-7-14/h2-5H,6-10H2,1H3. The normalized spacial score (nSPS) is 15.7. The number of rotatable bonds is 3. The molecule has 1 aliphatic heterocycles. The lowest BCUT2D eigenvalue weighted by Crippen LogP contribution is -2.36. The van der Waals surface area contributed by atoms with E-state index in [4.69, 9.17) is 9.47 Å². The van der Waals surface area contributed by atoms with Gasteiger partial charge in [-0.1, -0.05) is 12.1 Å². The SMILES string of the molecule is CC(=O)OCc1ccc(N2CCOCC2)cc1. The molecule has 4 heteroatoms. The number of esters is 1. The zero-order valence-corrected chi connectivity index (χ0v) is 10.0. The Morgan fingerprint density at radius 1 is 1.29 bits per heavy atom. The van der Waals surface area contributed by atoms with Crippen molar-refractivity contribution < 1.29 is 14.3 Å². The molecule has 0 unspecified atom stereocenters. The summed E-state index contributed by atoms with van der Waals surface area (Å²) in [7, 11) is 0. The fourth-order valence-corrected chi connectivity index (χ4v) is 1.81. The number of carbonyl (C=O) groups is 1. The lowest BCUT2D eigenvalue weighted by Gasteiger charge is -2.28. The zero-order valence-electron chi connectivity index (χ0n) is 10.0. The first kappa shape index (κ1) is 11.9. The Balaban J connectivity index is 1.94. The number of nitrogens with zero attached hydrogens (tertiary/aromatic N) is 1. The molecule has 0 radical (unpaired) electrons. The predicted molar refractivity (Wildman–Crippen MR) is 64.9 cm³/mol. The van der Waals surface area contributed by atoms with Crippen molar-refractivity contribution >= 4 is 11.7 Å². The van der Waals surface area contributed by atoms with Gasteiger partial charge in [-0.3, -0.25) is 4.79 Å². The first-order valence-corrected chi connectivity index (χ1v) is 5.81. The van der Waals surface area contributed by atoms with Crippen LogP contribution < -0.4 is 4.90 Å². The van der Waals surface area contributed by atoms with Gasteiger partial charge < -0.3 is 14.4 Å². The van der Waals surface area contributed by atoms with Gasteiger partial charge in [0, 0.05) is 25.7 Å². The number of hydrogen-bond acceptors (Lipinski definition) is 4. The van der Waals surface area contributed by atoms with E-state index in [2.05, 4.69) is 17.0 Å². The maximum Gasteiger partial charge on any atom is 0.302 e. The van der Waals surface area contributed by atoms with E-state index in [1.54, 1.807) is 0 Å². The molecular weight excluding hydrogens is 218 g/mol. The molecule has 1 aromatic carbocycles. The highest BCUT2D eigenvalue weighted by Gasteiger charge is 2.10. The van der Waals surface area contributed by atoms with Gasteiger partial charge >= 0.3 is 5.97 Å². The van der Waals surface area contributed by atoms with E-state index in [0.717, 1.165) is 31.9 Å². The summed E-state index contributed by atoms with van der Waals surface area (Å²) >= 11 is 0. The number of benzene rings is 1. The van der Waals surface area contributed by atoms with Crippen LogP contribution in [0, 0.1) is 0 Å². The number of hydrogen-bond donors (Lipinski definition) is 0. The average molecular weight is 235 g/mol. The van der Waals surface area contributed by atoms with E-state index in [9.17, 15) is 4.79 Å². The van der Waals surface area contributed by atoms with Gasteiger partial charge in [-0.05, 0) is 17.7 Å². The number of morpholine rings is 1. The summed E-state index contributed by atoms with van der Waals surface area (Å²) in [5, 5.41) is 0. The molecule has 92 valence electrons. The molecule has 0 saturated carbocycles. The third kappa shape index (κ3) is 3.46. The second-order valence-electron chi connectivity index (χ2n) is 4.05. The Kier molecular flexibility index (Phi) is 3.98. The molecule has 1 fully saturated rings. The first-order valence-electron chi connectivity index (χ1n) is 5.81. The Morgan fingerprint density at radius 3 is 2.53 bits per heavy atom. The van der Waals surface area contributed by atoms with Crippen LogP contribution in [0.25, 0.3) is 0 Å². The highest BCUT2D eigenvalue weighted by molar-refractivity contribution is 5.65. The highest BCUT2D eigenvalue weighted by atomic mass is 16.5. The molecule has 1 heterocycles. The summed E-state index contributed by atoms with van der Waals surface area (Å²) in [4.78, 5) is 13.0. The van der Waals surface area contributed by atoms with Gasteiger partial charge in [0.15, 0.2) is 0 Å². The van der Waals surface area contributed by atoms with Crippen LogP contribution >= 0.6 is 0 Å². The van der Waals surface area contributed by atoms with Gasteiger partial charge in [0.2, 0.25) is 0 Å². The molecular formula is C13H17NO3. The van der Waals surface area contributed by atoms with Crippen molar-refractivity contribution in [2.45, 2.75) is 13.5 Å². The molecule has 0 N–H and O–H groups in total. The molecule has 0 spiro atoms. The third-order valence-electron chi connectivity index (χ3n) is 2.75. The van der Waals surface area contributed by atoms with Crippen molar-refractivity contribution in [3.05, 3.63) is 29.8 Å². The minimum Gasteiger partial charge on any atom is -0.461 e. The van der Waals surface area contributed by atoms with Gasteiger partial charge in [0.05, 0.1) is 13.2 Å². The van der Waals surface area contributed by atoms with E-state index < -0.39 is 0 Å². The monoisotopic (exact) mass is 235 g/mol. The van der Waals surface area contributed by atoms with E-state index in [0.29, 0.717) is 6.61 Å². The smallest absolute Gasteiger partial charge is 0.302 e. The molecule has 1 aliphatic rings. The largest absolute Gasteiger partial charge is 0.461 e. The number of anilines is 1. The van der Waals surface area contributed by atoms with Crippen LogP contribution in [0.5, 0.6) is 0 Å². The highest BCUT2D eigenvalue weighted by Crippen LogP contribution is 2.16. The number of carbonyl (C=O) groups excluding carboxylic acids is 1. The van der Waals surface area contributed by atoms with Gasteiger partial charge in [-0.25, -0.2) is 0 Å². The van der Waals surface area contributed by atoms with Crippen molar-refractivity contribution in [2.75, 3.05) is 31.2 Å². The predicted octanol–water partition coefficient (Wildman–Crippen LogP) is 1.59. The summed E-state index contributed by atoms with van der Waals surface area (Å²) in [5.41, 5.74) is 2.21. The van der Waals surface area contributed by atoms with Crippen LogP contribution in [0.15, 0.2) is 24.3 Å². The summed E-state index contributed by atoms with van der Waals surface area (Å²) in [6.07, 6.45) is 0. The minimum atomic E-state index is -0.248. The maximum absolute atomic E-state index is 10.7. The summed E-state index contributed by atoms with van der Waals surface area (Å²) < 4.78 is 10.3. The Labute approximate surface area is 101 Å². The molecule has 2 rings (SSSR count). The Hall–Kier alpha value is -1.55. The zero-order chi connectivity index (χ0) is 12.1. The van der Waals surface area contributed by atoms with Gasteiger partial charge in [-0.15, -0.1) is 0 Å². The molecule has 0 aromatic heterocycles. The molecule has 0 bridgehead atoms. The lowest BCUT2D eigenvalue weighted by molar-refractivity contribution is -0.142. The van der Waals surface area contributed by atoms with Crippen molar-refractivity contribution in [3.8, 4) is 0 Å². The average Bonchev–Trinajstić information content (AvgIpc) is 2.38. The molecule has 4 nitrogen and oxygen atoms in total. The van der Waals surface area contributed by atoms with Crippen LogP contribution in [0.2, 0.25) is 0 Å². The van der Waals surface area contributed by atoms with E-state index in [-0.39, 0.29) is 5.97 Å². The van der Waals surface area contributed by atoms with Gasteiger partial charge in [-0.2, -0.15) is 0 Å². The quantitative estimate of drug-likeness (QED) is 0.746. The van der Waals surface area contributed by atoms with Gasteiger partial charge in [0.25, 0.3) is 0 Å². The van der Waals surface area contributed by atoms with E-state index in [1.807, 2.05) is 12.1 Å². The number of ether oxygens (including phenoxy) is 2. The van der Waals surface area contributed by atoms with Crippen molar-refractivity contribution in [1.82, 2.24) is 0 Å². The molecule has 0 amide bonds. The summed E-state index contributed by atoms with van der Waals surface area (Å²) in [6.45, 7) is 5.21. The first-order chi connectivity index (χ1) is 8.25. The third-order valence-corrected chi connectivity index (χ3v) is 2.75. The Morgan fingerprint density at radius 2 is 1.94 bits per heavy atom. The van der Waals surface area contributed by atoms with Crippen LogP contribution in [0.4, 0.5) is 5.69 Å². The topological polar surface area (TPSA) is 38.8 Å². The summed E-state index contributed by atoms with van der Waals surface area (Å²) in [5.74, 6) is -0.248. The van der Waals surface area contributed by atoms with Crippen molar-refractivity contribution in [1.29, 1.82) is 0 Å². The molecule has 0 atom stereocenters. The van der Waals surface area contributed by atoms with Crippen LogP contribution in [-0.2, 0) is 20.9 Å². The minimum absolute atomic E-state index is 0.248. The fourth-order valence-electron chi connectivity index (χ4n) is 1.81. The van der Waals surface area contributed by atoms with Crippen LogP contribution in [0.3, 0.4) is 0 Å². The maximum atomic E-state index is 10.7. The molecule has 0 aliphatic carbocycles. The van der Waals surface area contributed by atoms with Crippen LogP contribution in [0.1, 0.15) is 12.5 Å². The second-order valence-corrected chi connectivity index (χ2v) is 4.05. The van der Waals surface area contributed by atoms with Crippen molar-refractivity contribution in [2.24, 2.45) is 0 Å². The fraction of sp³-hybridized carbons (Fsp3) is 0.462. The molecule has 1 saturated heterocycles. The molecule has 1 aromatic rings.